The lowest BCUT2D eigenvalue weighted by molar-refractivity contribution is -0.134. The van der Waals surface area contributed by atoms with E-state index in [-0.39, 0.29) is 29.7 Å². The van der Waals surface area contributed by atoms with Crippen LogP contribution >= 0.6 is 11.6 Å². The first-order valence-electron chi connectivity index (χ1n) is 16.1. The van der Waals surface area contributed by atoms with Crippen LogP contribution in [0.3, 0.4) is 0 Å². The lowest BCUT2D eigenvalue weighted by Crippen LogP contribution is -2.49. The molecule has 2 atom stereocenters. The smallest absolute Gasteiger partial charge is 0.244 e. The third-order valence-electron chi connectivity index (χ3n) is 8.78. The van der Waals surface area contributed by atoms with Gasteiger partial charge in [0, 0.05) is 62.2 Å². The van der Waals surface area contributed by atoms with Gasteiger partial charge in [-0.15, -0.1) is 0 Å². The predicted molar refractivity (Wildman–Crippen MR) is 180 cm³/mol. The van der Waals surface area contributed by atoms with E-state index >= 15 is 0 Å². The fourth-order valence-electron chi connectivity index (χ4n) is 6.22. The van der Waals surface area contributed by atoms with Gasteiger partial charge in [-0.25, -0.2) is 0 Å². The van der Waals surface area contributed by atoms with E-state index in [1.54, 1.807) is 18.2 Å². The Hall–Kier alpha value is -3.94. The number of hydrogen-bond donors (Lipinski definition) is 2. The van der Waals surface area contributed by atoms with E-state index in [4.69, 9.17) is 11.6 Å². The topological polar surface area (TPSA) is 81.8 Å². The Labute approximate surface area is 271 Å². The summed E-state index contributed by atoms with van der Waals surface area (Å²) in [6.45, 7) is 3.06. The van der Waals surface area contributed by atoms with Crippen LogP contribution in [-0.4, -0.2) is 72.3 Å². The highest BCUT2D eigenvalue weighted by Gasteiger charge is 2.33. The predicted octanol–water partition coefficient (Wildman–Crippen LogP) is 5.65. The molecule has 2 N–H and O–H groups in total. The zero-order chi connectivity index (χ0) is 31.4. The number of nitrogens with one attached hydrogen (secondary N) is 2. The molecule has 0 aliphatic carbocycles. The van der Waals surface area contributed by atoms with Crippen molar-refractivity contribution in [1.82, 2.24) is 20.4 Å². The Morgan fingerprint density at radius 1 is 0.889 bits per heavy atom. The molecule has 2 saturated heterocycles. The second kappa shape index (κ2) is 16.4. The van der Waals surface area contributed by atoms with E-state index < -0.39 is 6.04 Å². The van der Waals surface area contributed by atoms with Crippen molar-refractivity contribution >= 4 is 35.4 Å². The second-order valence-electron chi connectivity index (χ2n) is 12.0. The number of benzene rings is 3. The van der Waals surface area contributed by atoms with Gasteiger partial charge in [0.25, 0.3) is 0 Å². The van der Waals surface area contributed by atoms with Crippen molar-refractivity contribution in [2.24, 2.45) is 0 Å². The Morgan fingerprint density at radius 3 is 2.18 bits per heavy atom. The fraction of sp³-hybridized carbons (Fsp3) is 0.378. The van der Waals surface area contributed by atoms with E-state index in [1.165, 1.54) is 6.08 Å². The van der Waals surface area contributed by atoms with Gasteiger partial charge < -0.3 is 20.4 Å². The van der Waals surface area contributed by atoms with Crippen LogP contribution in [0.1, 0.15) is 61.1 Å². The van der Waals surface area contributed by atoms with Crippen molar-refractivity contribution in [1.29, 1.82) is 0 Å². The number of rotatable bonds is 11. The molecule has 0 radical (unpaired) electrons. The van der Waals surface area contributed by atoms with Crippen LogP contribution in [0.5, 0.6) is 0 Å². The van der Waals surface area contributed by atoms with Crippen molar-refractivity contribution in [3.8, 4) is 0 Å². The minimum atomic E-state index is -0.514. The molecule has 5 rings (SSSR count). The summed E-state index contributed by atoms with van der Waals surface area (Å²) >= 11 is 5.97. The summed E-state index contributed by atoms with van der Waals surface area (Å²) in [7, 11) is 0. The first-order chi connectivity index (χ1) is 22.0. The molecule has 7 nitrogen and oxygen atoms in total. The standard InChI is InChI=1S/C37H43ClN4O3/c38-31-17-14-28(15-18-31)16-20-35(43)39-26-32-22-25-42(27-33(29-10-4-1-5-11-29)30-12-6-2-7-13-30)37(45)34(40-32)19-21-36(44)41-23-8-3-9-24-41/h1-2,4-7,10-18,20,32-34,40H,3,8-9,19,21-27H2,(H,39,43)/b20-16+. The highest BCUT2D eigenvalue weighted by Crippen LogP contribution is 2.27. The number of halogens is 1. The van der Waals surface area contributed by atoms with Gasteiger partial charge in [-0.2, -0.15) is 0 Å². The van der Waals surface area contributed by atoms with Gasteiger partial charge in [-0.1, -0.05) is 84.4 Å². The van der Waals surface area contributed by atoms with Gasteiger partial charge in [-0.3, -0.25) is 14.4 Å². The summed E-state index contributed by atoms with van der Waals surface area (Å²) in [5.74, 6) is -0.0658. The van der Waals surface area contributed by atoms with Crippen molar-refractivity contribution < 1.29 is 14.4 Å². The lowest BCUT2D eigenvalue weighted by atomic mass is 9.90. The number of carbonyl (C=O) groups is 3. The zero-order valence-corrected chi connectivity index (χ0v) is 26.5. The molecule has 45 heavy (non-hydrogen) atoms. The highest BCUT2D eigenvalue weighted by atomic mass is 35.5. The maximum absolute atomic E-state index is 14.1. The summed E-state index contributed by atoms with van der Waals surface area (Å²) in [5.41, 5.74) is 3.19. The number of amides is 3. The monoisotopic (exact) mass is 626 g/mol. The average Bonchev–Trinajstić information content (AvgIpc) is 3.23. The van der Waals surface area contributed by atoms with E-state index in [2.05, 4.69) is 34.9 Å². The maximum Gasteiger partial charge on any atom is 0.244 e. The third-order valence-corrected chi connectivity index (χ3v) is 9.03. The average molecular weight is 627 g/mol. The summed E-state index contributed by atoms with van der Waals surface area (Å²) in [4.78, 5) is 43.8. The Balaban J connectivity index is 1.29. The maximum atomic E-state index is 14.1. The fourth-order valence-corrected chi connectivity index (χ4v) is 6.35. The molecule has 3 aromatic carbocycles. The molecule has 2 aliphatic rings. The number of hydrogen-bond acceptors (Lipinski definition) is 4. The van der Waals surface area contributed by atoms with Crippen molar-refractivity contribution in [2.45, 2.75) is 56.5 Å². The largest absolute Gasteiger partial charge is 0.351 e. The molecule has 2 fully saturated rings. The number of nitrogens with zero attached hydrogens (tertiary/aromatic N) is 2. The Bertz CT molecular complexity index is 1390. The van der Waals surface area contributed by atoms with E-state index in [0.717, 1.165) is 49.0 Å². The van der Waals surface area contributed by atoms with Crippen LogP contribution < -0.4 is 10.6 Å². The first-order valence-corrected chi connectivity index (χ1v) is 16.5. The van der Waals surface area contributed by atoms with Crippen LogP contribution in [0.2, 0.25) is 5.02 Å². The SMILES string of the molecule is O=C(/C=C/c1ccc(Cl)cc1)NCC1CCN(CC(c2ccccc2)c2ccccc2)C(=O)C(CCC(=O)N2CCCCC2)N1. The highest BCUT2D eigenvalue weighted by molar-refractivity contribution is 6.30. The first kappa shape index (κ1) is 32.5. The van der Waals surface area contributed by atoms with Crippen LogP contribution in [-0.2, 0) is 14.4 Å². The minimum Gasteiger partial charge on any atom is -0.351 e. The summed E-state index contributed by atoms with van der Waals surface area (Å²) in [5, 5.41) is 7.17. The van der Waals surface area contributed by atoms with Gasteiger partial charge in [0.1, 0.15) is 0 Å². The van der Waals surface area contributed by atoms with E-state index in [0.29, 0.717) is 43.9 Å². The number of piperidine rings is 1. The van der Waals surface area contributed by atoms with Gasteiger partial charge in [-0.05, 0) is 67.0 Å². The second-order valence-corrected chi connectivity index (χ2v) is 12.4. The van der Waals surface area contributed by atoms with Crippen molar-refractivity contribution in [3.63, 3.8) is 0 Å². The Kier molecular flexibility index (Phi) is 11.8. The van der Waals surface area contributed by atoms with Crippen LogP contribution in [0.15, 0.2) is 91.0 Å². The normalized spacial score (nSPS) is 19.1. The molecule has 2 aliphatic heterocycles. The van der Waals surface area contributed by atoms with Gasteiger partial charge in [0.05, 0.1) is 6.04 Å². The van der Waals surface area contributed by atoms with Crippen molar-refractivity contribution in [2.75, 3.05) is 32.7 Å². The van der Waals surface area contributed by atoms with Crippen LogP contribution in [0, 0.1) is 0 Å². The molecule has 0 spiro atoms. The van der Waals surface area contributed by atoms with Crippen LogP contribution in [0.4, 0.5) is 0 Å². The summed E-state index contributed by atoms with van der Waals surface area (Å²) in [6.07, 6.45) is 7.92. The molecule has 0 saturated carbocycles. The molecular weight excluding hydrogens is 584 g/mol. The molecule has 2 heterocycles. The van der Waals surface area contributed by atoms with Crippen molar-refractivity contribution in [3.05, 3.63) is 113 Å². The van der Waals surface area contributed by atoms with Gasteiger partial charge in [0.15, 0.2) is 0 Å². The molecule has 3 aromatic rings. The number of likely N-dealkylation sites (tertiary alicyclic amines) is 1. The van der Waals surface area contributed by atoms with Gasteiger partial charge >= 0.3 is 0 Å². The molecule has 0 bridgehead atoms. The molecule has 0 aromatic heterocycles. The zero-order valence-electron chi connectivity index (χ0n) is 25.7. The summed E-state index contributed by atoms with van der Waals surface area (Å²) in [6, 6.07) is 27.3. The Morgan fingerprint density at radius 2 is 1.53 bits per heavy atom. The number of carbonyl (C=O) groups excluding carboxylic acids is 3. The molecule has 2 unspecified atom stereocenters. The molecular formula is C37H43ClN4O3. The van der Waals surface area contributed by atoms with Crippen LogP contribution in [0.25, 0.3) is 6.08 Å². The minimum absolute atomic E-state index is 0.00904. The summed E-state index contributed by atoms with van der Waals surface area (Å²) < 4.78 is 0. The van der Waals surface area contributed by atoms with E-state index in [1.807, 2.05) is 58.3 Å². The van der Waals surface area contributed by atoms with Gasteiger partial charge in [0.2, 0.25) is 17.7 Å². The lowest BCUT2D eigenvalue weighted by Gasteiger charge is -2.30. The molecule has 8 heteroatoms. The quantitative estimate of drug-likeness (QED) is 0.270. The molecule has 3 amide bonds. The molecule has 236 valence electrons. The van der Waals surface area contributed by atoms with E-state index in [9.17, 15) is 14.4 Å². The third kappa shape index (κ3) is 9.52.